The molecule has 0 aromatic heterocycles. The molecule has 1 rings (SSSR count). The second-order valence-electron chi connectivity index (χ2n) is 2.97. The topological polar surface area (TPSA) is 55.3 Å². The van der Waals surface area contributed by atoms with Gasteiger partial charge >= 0.3 is 6.18 Å². The number of nitrogens with zero attached hydrogens (tertiary/aromatic N) is 1. The van der Waals surface area contributed by atoms with Crippen molar-refractivity contribution in [2.45, 2.75) is 6.18 Å². The quantitative estimate of drug-likeness (QED) is 0.627. The van der Waals surface area contributed by atoms with Crippen molar-refractivity contribution in [3.05, 3.63) is 41.2 Å². The van der Waals surface area contributed by atoms with Gasteiger partial charge in [-0.3, -0.25) is 5.01 Å². The molecule has 0 aliphatic heterocycles. The third-order valence-corrected chi connectivity index (χ3v) is 1.98. The third-order valence-electron chi connectivity index (χ3n) is 1.73. The van der Waals surface area contributed by atoms with Crippen LogP contribution < -0.4 is 16.6 Å². The molecule has 7 heteroatoms. The van der Waals surface area contributed by atoms with E-state index < -0.39 is 11.9 Å². The van der Waals surface area contributed by atoms with Gasteiger partial charge in [0.2, 0.25) is 0 Å². The standard InChI is InChI=1S/C9H9ClF3N3/c10-6-1-3-7(4-2-6)16(15)5-8(14)9(11,12)13/h1-5H,14-15H2/b8-5-. The summed E-state index contributed by atoms with van der Waals surface area (Å²) in [5.41, 5.74) is 3.88. The van der Waals surface area contributed by atoms with E-state index in [9.17, 15) is 13.2 Å². The first-order valence-corrected chi connectivity index (χ1v) is 4.52. The van der Waals surface area contributed by atoms with Gasteiger partial charge in [0.15, 0.2) is 0 Å². The number of alkyl halides is 3. The van der Waals surface area contributed by atoms with Crippen LogP contribution in [0.15, 0.2) is 36.2 Å². The summed E-state index contributed by atoms with van der Waals surface area (Å²) in [6.07, 6.45) is -3.99. The molecule has 3 nitrogen and oxygen atoms in total. The maximum Gasteiger partial charge on any atom is 0.432 e. The molecule has 0 atom stereocenters. The van der Waals surface area contributed by atoms with Crippen LogP contribution in [0.3, 0.4) is 0 Å². The van der Waals surface area contributed by atoms with Gasteiger partial charge in [-0.1, -0.05) is 11.6 Å². The molecule has 88 valence electrons. The van der Waals surface area contributed by atoms with Gasteiger partial charge in [-0.25, -0.2) is 5.84 Å². The van der Waals surface area contributed by atoms with E-state index in [0.29, 0.717) is 16.9 Å². The molecule has 0 aliphatic carbocycles. The zero-order valence-electron chi connectivity index (χ0n) is 8.00. The first-order valence-electron chi connectivity index (χ1n) is 4.14. The van der Waals surface area contributed by atoms with Gasteiger partial charge in [0.1, 0.15) is 5.70 Å². The normalized spacial score (nSPS) is 12.7. The number of rotatable bonds is 2. The predicted molar refractivity (Wildman–Crippen MR) is 56.4 cm³/mol. The number of nitrogens with two attached hydrogens (primary N) is 2. The van der Waals surface area contributed by atoms with Gasteiger partial charge in [-0.2, -0.15) is 13.2 Å². The average molecular weight is 252 g/mol. The summed E-state index contributed by atoms with van der Waals surface area (Å²) in [5.74, 6) is 5.38. The smallest absolute Gasteiger partial charge is 0.393 e. The molecule has 0 fully saturated rings. The Morgan fingerprint density at radius 3 is 2.19 bits per heavy atom. The van der Waals surface area contributed by atoms with E-state index in [4.69, 9.17) is 23.2 Å². The Balaban J connectivity index is 2.87. The molecule has 0 amide bonds. The van der Waals surface area contributed by atoms with Crippen LogP contribution in [0.4, 0.5) is 18.9 Å². The minimum atomic E-state index is -4.59. The molecule has 0 spiro atoms. The summed E-state index contributed by atoms with van der Waals surface area (Å²) in [5, 5.41) is 1.24. The van der Waals surface area contributed by atoms with Crippen molar-refractivity contribution >= 4 is 17.3 Å². The summed E-state index contributed by atoms with van der Waals surface area (Å²) in [6, 6.07) is 5.97. The number of allylic oxidation sites excluding steroid dienone is 1. The van der Waals surface area contributed by atoms with Crippen LogP contribution in [0.25, 0.3) is 0 Å². The number of hydrazine groups is 1. The number of hydrogen-bond acceptors (Lipinski definition) is 3. The molecule has 1 aromatic rings. The molecule has 1 aromatic carbocycles. The highest BCUT2D eigenvalue weighted by Crippen LogP contribution is 2.23. The van der Waals surface area contributed by atoms with E-state index in [1.54, 1.807) is 0 Å². The van der Waals surface area contributed by atoms with Crippen LogP contribution in [0.1, 0.15) is 0 Å². The van der Waals surface area contributed by atoms with Gasteiger partial charge in [0.05, 0.1) is 5.69 Å². The van der Waals surface area contributed by atoms with Gasteiger partial charge in [0.25, 0.3) is 0 Å². The number of anilines is 1. The monoisotopic (exact) mass is 251 g/mol. The molecular formula is C9H9ClF3N3. The van der Waals surface area contributed by atoms with E-state index in [2.05, 4.69) is 0 Å². The fourth-order valence-electron chi connectivity index (χ4n) is 0.911. The molecule has 0 unspecified atom stereocenters. The fourth-order valence-corrected chi connectivity index (χ4v) is 1.04. The number of hydrogen-bond donors (Lipinski definition) is 2. The number of halogens is 4. The van der Waals surface area contributed by atoms with Gasteiger partial charge in [0, 0.05) is 11.2 Å². The van der Waals surface area contributed by atoms with Gasteiger partial charge in [-0.05, 0) is 24.3 Å². The Hall–Kier alpha value is -1.40. The molecular weight excluding hydrogens is 243 g/mol. The largest absolute Gasteiger partial charge is 0.432 e. The van der Waals surface area contributed by atoms with E-state index in [1.807, 2.05) is 0 Å². The summed E-state index contributed by atoms with van der Waals surface area (Å²) < 4.78 is 36.3. The predicted octanol–water partition coefficient (Wildman–Crippen LogP) is 2.38. The lowest BCUT2D eigenvalue weighted by atomic mass is 10.3. The van der Waals surface area contributed by atoms with E-state index in [-0.39, 0.29) is 0 Å². The molecule has 4 N–H and O–H groups in total. The van der Waals surface area contributed by atoms with Crippen LogP contribution >= 0.6 is 11.6 Å². The zero-order valence-corrected chi connectivity index (χ0v) is 8.76. The van der Waals surface area contributed by atoms with Crippen molar-refractivity contribution in [2.75, 3.05) is 5.01 Å². The molecule has 0 bridgehead atoms. The fraction of sp³-hybridized carbons (Fsp3) is 0.111. The Bertz CT molecular complexity index is 386. The van der Waals surface area contributed by atoms with Crippen LogP contribution in [0.5, 0.6) is 0 Å². The highest BCUT2D eigenvalue weighted by Gasteiger charge is 2.31. The Morgan fingerprint density at radius 2 is 1.75 bits per heavy atom. The van der Waals surface area contributed by atoms with E-state index in [0.717, 1.165) is 5.01 Å². The van der Waals surface area contributed by atoms with Crippen molar-refractivity contribution in [1.82, 2.24) is 0 Å². The lowest BCUT2D eigenvalue weighted by molar-refractivity contribution is -0.0928. The molecule has 16 heavy (non-hydrogen) atoms. The first-order chi connectivity index (χ1) is 7.30. The summed E-state index contributed by atoms with van der Waals surface area (Å²) in [7, 11) is 0. The van der Waals surface area contributed by atoms with Crippen molar-refractivity contribution in [3.8, 4) is 0 Å². The maximum atomic E-state index is 12.1. The SMILES string of the molecule is N/C(=C\N(N)c1ccc(Cl)cc1)C(F)(F)F. The summed E-state index contributed by atoms with van der Waals surface area (Å²) in [6.45, 7) is 0. The summed E-state index contributed by atoms with van der Waals surface area (Å²) in [4.78, 5) is 0. The van der Waals surface area contributed by atoms with E-state index >= 15 is 0 Å². The maximum absolute atomic E-state index is 12.1. The van der Waals surface area contributed by atoms with Crippen LogP contribution in [0, 0.1) is 0 Å². The Kier molecular flexibility index (Phi) is 3.66. The van der Waals surface area contributed by atoms with E-state index in [1.165, 1.54) is 24.3 Å². The lowest BCUT2D eigenvalue weighted by Gasteiger charge is -2.16. The van der Waals surface area contributed by atoms with Gasteiger partial charge in [-0.15, -0.1) is 0 Å². The van der Waals surface area contributed by atoms with Gasteiger partial charge < -0.3 is 5.73 Å². The Labute approximate surface area is 95.0 Å². The molecule has 0 aliphatic rings. The molecule has 0 saturated carbocycles. The Morgan fingerprint density at radius 1 is 1.25 bits per heavy atom. The van der Waals surface area contributed by atoms with Crippen molar-refractivity contribution in [1.29, 1.82) is 0 Å². The van der Waals surface area contributed by atoms with Crippen LogP contribution in [-0.2, 0) is 0 Å². The third kappa shape index (κ3) is 3.32. The van der Waals surface area contributed by atoms with Crippen molar-refractivity contribution in [2.24, 2.45) is 11.6 Å². The molecule has 0 heterocycles. The molecule has 0 saturated heterocycles. The highest BCUT2D eigenvalue weighted by molar-refractivity contribution is 6.30. The van der Waals surface area contributed by atoms with Crippen molar-refractivity contribution in [3.63, 3.8) is 0 Å². The zero-order chi connectivity index (χ0) is 12.3. The molecule has 0 radical (unpaired) electrons. The minimum absolute atomic E-state index is 0.344. The summed E-state index contributed by atoms with van der Waals surface area (Å²) >= 11 is 5.62. The van der Waals surface area contributed by atoms with Crippen LogP contribution in [0.2, 0.25) is 5.02 Å². The van der Waals surface area contributed by atoms with Crippen LogP contribution in [-0.4, -0.2) is 6.18 Å². The second-order valence-corrected chi connectivity index (χ2v) is 3.40. The highest BCUT2D eigenvalue weighted by atomic mass is 35.5. The average Bonchev–Trinajstić information content (AvgIpc) is 2.17. The number of benzene rings is 1. The van der Waals surface area contributed by atoms with Crippen molar-refractivity contribution < 1.29 is 13.2 Å². The first kappa shape index (κ1) is 12.7. The lowest BCUT2D eigenvalue weighted by Crippen LogP contribution is -2.29. The minimum Gasteiger partial charge on any atom is -0.393 e. The second kappa shape index (κ2) is 4.63.